The Morgan fingerprint density at radius 1 is 1.10 bits per heavy atom. The topological polar surface area (TPSA) is 58.6 Å². The van der Waals surface area contributed by atoms with Gasteiger partial charge in [-0.2, -0.15) is 0 Å². The predicted molar refractivity (Wildman–Crippen MR) is 113 cm³/mol. The molecular formula is C24H30N2O3. The Balaban J connectivity index is 1.63. The summed E-state index contributed by atoms with van der Waals surface area (Å²) in [6, 6.07) is 18.4. The zero-order valence-electron chi connectivity index (χ0n) is 17.3. The van der Waals surface area contributed by atoms with Gasteiger partial charge in [0.2, 0.25) is 11.8 Å². The zero-order chi connectivity index (χ0) is 20.6. The fourth-order valence-corrected chi connectivity index (χ4v) is 4.01. The quantitative estimate of drug-likeness (QED) is 0.784. The van der Waals surface area contributed by atoms with Gasteiger partial charge in [-0.1, -0.05) is 60.2 Å². The Labute approximate surface area is 173 Å². The van der Waals surface area contributed by atoms with Crippen LogP contribution in [0.15, 0.2) is 54.6 Å². The third kappa shape index (κ3) is 5.67. The molecule has 2 aromatic carbocycles. The van der Waals surface area contributed by atoms with Crippen molar-refractivity contribution in [3.05, 3.63) is 71.3 Å². The molecule has 154 valence electrons. The highest BCUT2D eigenvalue weighted by Gasteiger charge is 2.35. The van der Waals surface area contributed by atoms with Crippen LogP contribution in [0.1, 0.15) is 35.6 Å². The number of amides is 2. The summed E-state index contributed by atoms with van der Waals surface area (Å²) in [7, 11) is 1.53. The van der Waals surface area contributed by atoms with E-state index in [1.54, 1.807) is 0 Å². The molecule has 0 radical (unpaired) electrons. The second-order valence-electron chi connectivity index (χ2n) is 7.71. The average Bonchev–Trinajstić information content (AvgIpc) is 2.74. The number of likely N-dealkylation sites (tertiary alicyclic amines) is 1. The number of hydrogen-bond donors (Lipinski definition) is 1. The van der Waals surface area contributed by atoms with Gasteiger partial charge in [0, 0.05) is 20.2 Å². The molecule has 1 heterocycles. The summed E-state index contributed by atoms with van der Waals surface area (Å²) in [6.45, 7) is 3.12. The molecule has 0 aromatic heterocycles. The van der Waals surface area contributed by atoms with Crippen LogP contribution in [0, 0.1) is 12.8 Å². The number of nitrogens with one attached hydrogen (secondary N) is 1. The fraction of sp³-hybridized carbons (Fsp3) is 0.417. The highest BCUT2D eigenvalue weighted by molar-refractivity contribution is 5.82. The maximum absolute atomic E-state index is 12.7. The third-order valence-electron chi connectivity index (χ3n) is 5.52. The summed E-state index contributed by atoms with van der Waals surface area (Å²) in [5.74, 6) is -0.229. The molecule has 2 amide bonds. The molecule has 1 fully saturated rings. The van der Waals surface area contributed by atoms with Gasteiger partial charge in [-0.05, 0) is 37.3 Å². The minimum Gasteiger partial charge on any atom is -0.375 e. The van der Waals surface area contributed by atoms with Crippen LogP contribution in [0.2, 0.25) is 0 Å². The number of ether oxygens (including phenoxy) is 1. The van der Waals surface area contributed by atoms with Gasteiger partial charge in [0.05, 0.1) is 12.0 Å². The van der Waals surface area contributed by atoms with Crippen molar-refractivity contribution < 1.29 is 14.3 Å². The molecule has 5 heteroatoms. The van der Waals surface area contributed by atoms with Crippen LogP contribution in [0.5, 0.6) is 0 Å². The molecule has 0 bridgehead atoms. The van der Waals surface area contributed by atoms with E-state index in [0.29, 0.717) is 13.1 Å². The molecular weight excluding hydrogens is 364 g/mol. The number of nitrogens with zero attached hydrogens (tertiary/aromatic N) is 1. The minimum absolute atomic E-state index is 0.00841. The molecule has 1 saturated heterocycles. The van der Waals surface area contributed by atoms with Crippen LogP contribution in [-0.4, -0.2) is 43.5 Å². The van der Waals surface area contributed by atoms with E-state index in [0.717, 1.165) is 24.8 Å². The van der Waals surface area contributed by atoms with E-state index in [9.17, 15) is 9.59 Å². The fourth-order valence-electron chi connectivity index (χ4n) is 4.01. The van der Waals surface area contributed by atoms with Crippen molar-refractivity contribution in [2.45, 2.75) is 32.2 Å². The predicted octanol–water partition coefficient (Wildman–Crippen LogP) is 3.28. The molecule has 1 aliphatic heterocycles. The van der Waals surface area contributed by atoms with E-state index in [1.165, 1.54) is 18.2 Å². The Hall–Kier alpha value is -2.66. The first-order chi connectivity index (χ1) is 14.1. The van der Waals surface area contributed by atoms with Crippen molar-refractivity contribution in [2.24, 2.45) is 5.92 Å². The van der Waals surface area contributed by atoms with E-state index in [1.807, 2.05) is 29.2 Å². The van der Waals surface area contributed by atoms with Gasteiger partial charge in [-0.25, -0.2) is 0 Å². The summed E-state index contributed by atoms with van der Waals surface area (Å²) < 4.78 is 5.08. The van der Waals surface area contributed by atoms with E-state index >= 15 is 0 Å². The van der Waals surface area contributed by atoms with Crippen LogP contribution < -0.4 is 5.32 Å². The molecule has 3 rings (SSSR count). The second kappa shape index (κ2) is 10.2. The molecule has 1 N–H and O–H groups in total. The molecule has 0 aliphatic carbocycles. The molecule has 29 heavy (non-hydrogen) atoms. The van der Waals surface area contributed by atoms with E-state index in [2.05, 4.69) is 42.6 Å². The first kappa shape index (κ1) is 21.1. The first-order valence-electron chi connectivity index (χ1n) is 10.2. The number of methoxy groups -OCH3 is 1. The molecule has 2 aromatic rings. The first-order valence-corrected chi connectivity index (χ1v) is 10.2. The van der Waals surface area contributed by atoms with Crippen molar-refractivity contribution in [1.82, 2.24) is 10.2 Å². The monoisotopic (exact) mass is 394 g/mol. The lowest BCUT2D eigenvalue weighted by atomic mass is 9.88. The molecule has 1 aliphatic rings. The summed E-state index contributed by atoms with van der Waals surface area (Å²) >= 11 is 0. The van der Waals surface area contributed by atoms with Crippen molar-refractivity contribution in [1.29, 1.82) is 0 Å². The number of carbonyl (C=O) groups is 2. The third-order valence-corrected chi connectivity index (χ3v) is 5.52. The van der Waals surface area contributed by atoms with Crippen molar-refractivity contribution in [2.75, 3.05) is 26.8 Å². The minimum atomic E-state index is -0.187. The van der Waals surface area contributed by atoms with Gasteiger partial charge in [-0.15, -0.1) is 0 Å². The van der Waals surface area contributed by atoms with E-state index in [-0.39, 0.29) is 30.4 Å². The van der Waals surface area contributed by atoms with E-state index in [4.69, 9.17) is 4.74 Å². The van der Waals surface area contributed by atoms with Gasteiger partial charge >= 0.3 is 0 Å². The van der Waals surface area contributed by atoms with Crippen molar-refractivity contribution in [3.8, 4) is 0 Å². The highest BCUT2D eigenvalue weighted by atomic mass is 16.5. The molecule has 2 unspecified atom stereocenters. The SMILES string of the molecule is COCC(=O)N1CC(C(=O)NCCc2ccccc2)CCC1c1cccc(C)c1. The van der Waals surface area contributed by atoms with Gasteiger partial charge in [0.1, 0.15) is 6.61 Å². The molecule has 0 saturated carbocycles. The van der Waals surface area contributed by atoms with Crippen LogP contribution in [0.25, 0.3) is 0 Å². The Bertz CT molecular complexity index is 822. The zero-order valence-corrected chi connectivity index (χ0v) is 17.3. The lowest BCUT2D eigenvalue weighted by Gasteiger charge is -2.39. The largest absolute Gasteiger partial charge is 0.375 e. The summed E-state index contributed by atoms with van der Waals surface area (Å²) in [6.07, 6.45) is 2.35. The Morgan fingerprint density at radius 2 is 1.90 bits per heavy atom. The number of benzene rings is 2. The lowest BCUT2D eigenvalue weighted by Crippen LogP contribution is -2.48. The smallest absolute Gasteiger partial charge is 0.249 e. The molecule has 0 spiro atoms. The number of piperidine rings is 1. The standard InChI is InChI=1S/C24H30N2O3/c1-18-7-6-10-20(15-18)22-12-11-21(16-26(22)23(27)17-29-2)24(28)25-14-13-19-8-4-3-5-9-19/h3-10,15,21-22H,11-14,16-17H2,1-2H3,(H,25,28). The number of hydrogen-bond acceptors (Lipinski definition) is 3. The van der Waals surface area contributed by atoms with Crippen LogP contribution >= 0.6 is 0 Å². The van der Waals surface area contributed by atoms with E-state index < -0.39 is 0 Å². The second-order valence-corrected chi connectivity index (χ2v) is 7.71. The summed E-state index contributed by atoms with van der Waals surface area (Å²) in [5.41, 5.74) is 3.49. The van der Waals surface area contributed by atoms with Crippen LogP contribution in [0.3, 0.4) is 0 Å². The number of carbonyl (C=O) groups excluding carboxylic acids is 2. The highest BCUT2D eigenvalue weighted by Crippen LogP contribution is 2.34. The van der Waals surface area contributed by atoms with Crippen molar-refractivity contribution >= 4 is 11.8 Å². The van der Waals surface area contributed by atoms with Crippen LogP contribution in [0.4, 0.5) is 0 Å². The average molecular weight is 395 g/mol. The van der Waals surface area contributed by atoms with Crippen LogP contribution in [-0.2, 0) is 20.7 Å². The maximum Gasteiger partial charge on any atom is 0.249 e. The number of rotatable bonds is 7. The van der Waals surface area contributed by atoms with Gasteiger partial charge in [0.25, 0.3) is 0 Å². The summed E-state index contributed by atoms with van der Waals surface area (Å²) in [5, 5.41) is 3.05. The summed E-state index contributed by atoms with van der Waals surface area (Å²) in [4.78, 5) is 27.3. The number of aryl methyl sites for hydroxylation is 1. The normalized spacial score (nSPS) is 19.0. The molecule has 2 atom stereocenters. The van der Waals surface area contributed by atoms with Crippen molar-refractivity contribution in [3.63, 3.8) is 0 Å². The Kier molecular flexibility index (Phi) is 7.42. The molecule has 5 nitrogen and oxygen atoms in total. The van der Waals surface area contributed by atoms with Gasteiger partial charge < -0.3 is 15.0 Å². The Morgan fingerprint density at radius 3 is 2.62 bits per heavy atom. The maximum atomic E-state index is 12.7. The lowest BCUT2D eigenvalue weighted by molar-refractivity contribution is -0.142. The van der Waals surface area contributed by atoms with Gasteiger partial charge in [0.15, 0.2) is 0 Å². The van der Waals surface area contributed by atoms with Gasteiger partial charge in [-0.3, -0.25) is 9.59 Å².